The molecule has 2 aromatic heterocycles. The quantitative estimate of drug-likeness (QED) is 0.837. The van der Waals surface area contributed by atoms with Gasteiger partial charge in [-0.15, -0.1) is 0 Å². The summed E-state index contributed by atoms with van der Waals surface area (Å²) in [5, 5.41) is 3.57. The van der Waals surface area contributed by atoms with Crippen molar-refractivity contribution in [2.45, 2.75) is 38.3 Å². The molecule has 1 N–H and O–H groups in total. The first-order valence-electron chi connectivity index (χ1n) is 6.36. The van der Waals surface area contributed by atoms with Crippen LogP contribution < -0.4 is 5.32 Å². The summed E-state index contributed by atoms with van der Waals surface area (Å²) < 4.78 is 1.91. The number of aromatic nitrogens is 2. The number of aldehydes is 1. The zero-order chi connectivity index (χ0) is 12.6. The number of hydrogen-bond donors (Lipinski definition) is 1. The number of carbonyl (C=O) groups excluding carboxylic acids is 1. The molecule has 0 aromatic carbocycles. The average Bonchev–Trinajstić information content (AvgIpc) is 2.81. The highest BCUT2D eigenvalue weighted by molar-refractivity contribution is 5.84. The number of nitrogens with one attached hydrogen (secondary N) is 1. The van der Waals surface area contributed by atoms with Crippen molar-refractivity contribution in [2.24, 2.45) is 0 Å². The Labute approximate surface area is 106 Å². The van der Waals surface area contributed by atoms with E-state index in [1.54, 1.807) is 6.20 Å². The molecule has 3 rings (SSSR count). The van der Waals surface area contributed by atoms with Crippen LogP contribution in [0.4, 0.5) is 0 Å². The summed E-state index contributed by atoms with van der Waals surface area (Å²) >= 11 is 0. The van der Waals surface area contributed by atoms with Crippen LogP contribution in [0.1, 0.15) is 42.1 Å². The van der Waals surface area contributed by atoms with Gasteiger partial charge in [-0.3, -0.25) is 4.79 Å². The van der Waals surface area contributed by atoms with Gasteiger partial charge in [-0.2, -0.15) is 0 Å². The molecule has 0 aliphatic heterocycles. The molecule has 1 aliphatic carbocycles. The Hall–Kier alpha value is -1.68. The zero-order valence-electron chi connectivity index (χ0n) is 10.5. The van der Waals surface area contributed by atoms with Crippen molar-refractivity contribution in [1.82, 2.24) is 14.7 Å². The molecule has 18 heavy (non-hydrogen) atoms. The summed E-state index contributed by atoms with van der Waals surface area (Å²) in [5.74, 6) is 0. The minimum Gasteiger partial charge on any atom is -0.307 e. The van der Waals surface area contributed by atoms with Crippen molar-refractivity contribution in [3.8, 4) is 0 Å². The molecule has 1 aliphatic rings. The molecule has 0 bridgehead atoms. The van der Waals surface area contributed by atoms with E-state index in [-0.39, 0.29) is 5.54 Å². The van der Waals surface area contributed by atoms with E-state index >= 15 is 0 Å². The van der Waals surface area contributed by atoms with E-state index in [9.17, 15) is 4.79 Å². The predicted molar refractivity (Wildman–Crippen MR) is 69.7 cm³/mol. The second kappa shape index (κ2) is 4.21. The van der Waals surface area contributed by atoms with Gasteiger partial charge in [0.2, 0.25) is 0 Å². The third kappa shape index (κ3) is 1.93. The van der Waals surface area contributed by atoms with Crippen molar-refractivity contribution in [3.05, 3.63) is 35.8 Å². The van der Waals surface area contributed by atoms with Crippen molar-refractivity contribution < 1.29 is 4.79 Å². The zero-order valence-corrected chi connectivity index (χ0v) is 10.5. The second-order valence-electron chi connectivity index (χ2n) is 5.35. The van der Waals surface area contributed by atoms with Crippen LogP contribution in [0.5, 0.6) is 0 Å². The molecule has 4 nitrogen and oxygen atoms in total. The molecule has 1 fully saturated rings. The number of rotatable bonds is 4. The first kappa shape index (κ1) is 11.4. The molecule has 1 saturated carbocycles. The lowest BCUT2D eigenvalue weighted by atomic mass is 9.78. The van der Waals surface area contributed by atoms with E-state index in [4.69, 9.17) is 0 Å². The van der Waals surface area contributed by atoms with Crippen molar-refractivity contribution in [1.29, 1.82) is 0 Å². The van der Waals surface area contributed by atoms with Crippen LogP contribution in [0.2, 0.25) is 0 Å². The highest BCUT2D eigenvalue weighted by atomic mass is 16.1. The summed E-state index contributed by atoms with van der Waals surface area (Å²) in [6.07, 6.45) is 10.3. The maximum Gasteiger partial charge on any atom is 0.153 e. The fraction of sp³-hybridized carbons (Fsp3) is 0.429. The minimum absolute atomic E-state index is 0.283. The molecule has 0 atom stereocenters. The van der Waals surface area contributed by atoms with Crippen LogP contribution in [-0.2, 0) is 6.54 Å². The molecule has 0 spiro atoms. The highest BCUT2D eigenvalue weighted by Crippen LogP contribution is 2.31. The van der Waals surface area contributed by atoms with Gasteiger partial charge in [-0.1, -0.05) is 0 Å². The molecular formula is C14H17N3O. The van der Waals surface area contributed by atoms with Crippen molar-refractivity contribution in [3.63, 3.8) is 0 Å². The molecule has 2 aromatic rings. The molecule has 94 valence electrons. The molecular weight excluding hydrogens is 226 g/mol. The molecule has 4 heteroatoms. The third-order valence-corrected chi connectivity index (χ3v) is 3.88. The summed E-state index contributed by atoms with van der Waals surface area (Å²) in [6, 6.07) is 1.92. The topological polar surface area (TPSA) is 46.4 Å². The standard InChI is InChI=1S/C14H17N3O/c1-14(3-2-4-14)16-8-11-7-12(10-18)13-15-5-6-17(13)9-11/h5-7,9-10,16H,2-4,8H2,1H3. The summed E-state index contributed by atoms with van der Waals surface area (Å²) in [4.78, 5) is 15.2. The van der Waals surface area contributed by atoms with Crippen LogP contribution in [0.3, 0.4) is 0 Å². The van der Waals surface area contributed by atoms with Gasteiger partial charge in [0.05, 0.1) is 5.56 Å². The highest BCUT2D eigenvalue weighted by Gasteiger charge is 2.30. The third-order valence-electron chi connectivity index (χ3n) is 3.88. The Morgan fingerprint density at radius 1 is 1.56 bits per heavy atom. The van der Waals surface area contributed by atoms with Crippen LogP contribution in [0.25, 0.3) is 5.65 Å². The van der Waals surface area contributed by atoms with Gasteiger partial charge in [0.25, 0.3) is 0 Å². The fourth-order valence-electron chi connectivity index (χ4n) is 2.50. The minimum atomic E-state index is 0.283. The van der Waals surface area contributed by atoms with E-state index in [1.807, 2.05) is 22.9 Å². The summed E-state index contributed by atoms with van der Waals surface area (Å²) in [7, 11) is 0. The lowest BCUT2D eigenvalue weighted by Crippen LogP contribution is -2.47. The Balaban J connectivity index is 1.85. The maximum absolute atomic E-state index is 11.1. The fourth-order valence-corrected chi connectivity index (χ4v) is 2.50. The number of fused-ring (bicyclic) bond motifs is 1. The normalized spacial score (nSPS) is 17.6. The Morgan fingerprint density at radius 3 is 3.06 bits per heavy atom. The van der Waals surface area contributed by atoms with Gasteiger partial charge in [0, 0.05) is 30.7 Å². The van der Waals surface area contributed by atoms with E-state index in [2.05, 4.69) is 17.2 Å². The second-order valence-corrected chi connectivity index (χ2v) is 5.35. The average molecular weight is 243 g/mol. The molecule has 2 heterocycles. The van der Waals surface area contributed by atoms with E-state index in [1.165, 1.54) is 19.3 Å². The number of imidazole rings is 1. The van der Waals surface area contributed by atoms with Crippen LogP contribution in [0, 0.1) is 0 Å². The van der Waals surface area contributed by atoms with Crippen LogP contribution in [-0.4, -0.2) is 21.2 Å². The molecule has 0 saturated heterocycles. The number of nitrogens with zero attached hydrogens (tertiary/aromatic N) is 2. The number of hydrogen-bond acceptors (Lipinski definition) is 3. The van der Waals surface area contributed by atoms with Crippen molar-refractivity contribution >= 4 is 11.9 Å². The summed E-state index contributed by atoms with van der Waals surface area (Å²) in [6.45, 7) is 3.05. The molecule has 0 unspecified atom stereocenters. The molecule has 0 amide bonds. The lowest BCUT2D eigenvalue weighted by molar-refractivity contribution is 0.112. The first-order valence-corrected chi connectivity index (χ1v) is 6.36. The first-order chi connectivity index (χ1) is 8.70. The summed E-state index contributed by atoms with van der Waals surface area (Å²) in [5.41, 5.74) is 2.78. The van der Waals surface area contributed by atoms with Gasteiger partial charge in [0.1, 0.15) is 5.65 Å². The number of pyridine rings is 1. The monoisotopic (exact) mass is 243 g/mol. The lowest BCUT2D eigenvalue weighted by Gasteiger charge is -2.39. The smallest absolute Gasteiger partial charge is 0.153 e. The van der Waals surface area contributed by atoms with Gasteiger partial charge in [-0.25, -0.2) is 4.98 Å². The maximum atomic E-state index is 11.1. The number of carbonyl (C=O) groups is 1. The SMILES string of the molecule is CC1(NCc2cc(C=O)c3nccn3c2)CCC1. The van der Waals surface area contributed by atoms with Crippen molar-refractivity contribution in [2.75, 3.05) is 0 Å². The van der Waals surface area contributed by atoms with E-state index in [0.717, 1.165) is 24.0 Å². The Kier molecular flexibility index (Phi) is 2.67. The van der Waals surface area contributed by atoms with E-state index < -0.39 is 0 Å². The predicted octanol–water partition coefficient (Wildman–Crippen LogP) is 2.18. The van der Waals surface area contributed by atoms with Gasteiger partial charge < -0.3 is 9.72 Å². The van der Waals surface area contributed by atoms with Gasteiger partial charge in [0.15, 0.2) is 6.29 Å². The van der Waals surface area contributed by atoms with Gasteiger partial charge in [-0.05, 0) is 37.8 Å². The van der Waals surface area contributed by atoms with Crippen LogP contribution >= 0.6 is 0 Å². The van der Waals surface area contributed by atoms with E-state index in [0.29, 0.717) is 5.56 Å². The van der Waals surface area contributed by atoms with Crippen LogP contribution in [0.15, 0.2) is 24.7 Å². The molecule has 0 radical (unpaired) electrons. The largest absolute Gasteiger partial charge is 0.307 e. The Bertz CT molecular complexity index is 584. The Morgan fingerprint density at radius 2 is 2.39 bits per heavy atom. The van der Waals surface area contributed by atoms with Gasteiger partial charge >= 0.3 is 0 Å².